The highest BCUT2D eigenvalue weighted by molar-refractivity contribution is 5.83. The van der Waals surface area contributed by atoms with Crippen LogP contribution >= 0.6 is 0 Å². The summed E-state index contributed by atoms with van der Waals surface area (Å²) in [5.41, 5.74) is 4.74. The quantitative estimate of drug-likeness (QED) is 0.631. The van der Waals surface area contributed by atoms with Crippen molar-refractivity contribution in [1.29, 1.82) is 0 Å². The van der Waals surface area contributed by atoms with Crippen LogP contribution in [0.4, 0.5) is 0 Å². The molecule has 126 valence electrons. The van der Waals surface area contributed by atoms with Gasteiger partial charge in [0.25, 0.3) is 0 Å². The van der Waals surface area contributed by atoms with Gasteiger partial charge in [0.1, 0.15) is 6.04 Å². The lowest BCUT2D eigenvalue weighted by Gasteiger charge is -2.41. The van der Waals surface area contributed by atoms with Crippen molar-refractivity contribution in [3.63, 3.8) is 0 Å². The average molecular weight is 313 g/mol. The van der Waals surface area contributed by atoms with E-state index in [0.717, 1.165) is 12.8 Å². The predicted molar refractivity (Wildman–Crippen MR) is 81.6 cm³/mol. The number of carbonyl (C=O) groups is 3. The first-order valence-corrected chi connectivity index (χ1v) is 7.64. The molecule has 0 bridgehead atoms. The smallest absolute Gasteiger partial charge is 0.242 e. The molecule has 3 atom stereocenters. The molecule has 1 saturated heterocycles. The minimum Gasteiger partial charge on any atom is -0.391 e. The van der Waals surface area contributed by atoms with E-state index < -0.39 is 23.6 Å². The second-order valence-corrected chi connectivity index (χ2v) is 6.61. The number of hydrogen-bond donors (Lipinski definition) is 2. The summed E-state index contributed by atoms with van der Waals surface area (Å²) in [6.07, 6.45) is 1.03. The van der Waals surface area contributed by atoms with E-state index in [-0.39, 0.29) is 18.4 Å². The van der Waals surface area contributed by atoms with E-state index in [4.69, 9.17) is 5.73 Å². The maximum absolute atomic E-state index is 12.3. The summed E-state index contributed by atoms with van der Waals surface area (Å²) in [5.74, 6) is -0.866. The molecule has 1 unspecified atom stereocenters. The molecule has 1 heterocycles. The first-order valence-electron chi connectivity index (χ1n) is 7.64. The van der Waals surface area contributed by atoms with Crippen LogP contribution in [-0.2, 0) is 14.4 Å². The van der Waals surface area contributed by atoms with Crippen LogP contribution in [0.3, 0.4) is 0 Å². The molecule has 1 rings (SSSR count). The molecule has 7 heteroatoms. The lowest BCUT2D eigenvalue weighted by molar-refractivity contribution is -0.143. The van der Waals surface area contributed by atoms with Crippen molar-refractivity contribution in [2.24, 2.45) is 11.7 Å². The average Bonchev–Trinajstić information content (AvgIpc) is 2.77. The van der Waals surface area contributed by atoms with Crippen molar-refractivity contribution < 1.29 is 19.5 Å². The van der Waals surface area contributed by atoms with Crippen molar-refractivity contribution in [2.45, 2.75) is 58.2 Å². The summed E-state index contributed by atoms with van der Waals surface area (Å²) in [5, 5.41) is 9.72. The first kappa shape index (κ1) is 18.4. The number of amides is 3. The largest absolute Gasteiger partial charge is 0.391 e. The van der Waals surface area contributed by atoms with Crippen molar-refractivity contribution in [3.8, 4) is 0 Å². The molecular formula is C15H27N3O4. The molecule has 22 heavy (non-hydrogen) atoms. The Morgan fingerprint density at radius 1 is 1.41 bits per heavy atom. The first-order chi connectivity index (χ1) is 10.1. The number of hydrogen-bond acceptors (Lipinski definition) is 4. The summed E-state index contributed by atoms with van der Waals surface area (Å²) in [6.45, 7) is 7.79. The highest BCUT2D eigenvalue weighted by Crippen LogP contribution is 2.31. The van der Waals surface area contributed by atoms with Gasteiger partial charge in [0.05, 0.1) is 11.6 Å². The number of primary amides is 1. The summed E-state index contributed by atoms with van der Waals surface area (Å²) in [4.78, 5) is 38.2. The van der Waals surface area contributed by atoms with Crippen LogP contribution in [0.5, 0.6) is 0 Å². The Morgan fingerprint density at radius 3 is 2.41 bits per heavy atom. The molecule has 0 aromatic rings. The van der Waals surface area contributed by atoms with Gasteiger partial charge in [-0.1, -0.05) is 13.8 Å². The fourth-order valence-corrected chi connectivity index (χ4v) is 3.15. The Labute approximate surface area is 131 Å². The van der Waals surface area contributed by atoms with Gasteiger partial charge in [-0.2, -0.15) is 0 Å². The Kier molecular flexibility index (Phi) is 5.93. The zero-order chi connectivity index (χ0) is 17.1. The van der Waals surface area contributed by atoms with Gasteiger partial charge in [-0.3, -0.25) is 14.4 Å². The van der Waals surface area contributed by atoms with E-state index in [1.54, 1.807) is 4.90 Å². The Balaban J connectivity index is 2.99. The highest BCUT2D eigenvalue weighted by atomic mass is 16.3. The Bertz CT molecular complexity index is 439. The van der Waals surface area contributed by atoms with Crippen LogP contribution in [0.1, 0.15) is 40.5 Å². The van der Waals surface area contributed by atoms with Crippen LogP contribution in [0.2, 0.25) is 0 Å². The number of likely N-dealkylation sites (tertiary alicyclic amines) is 1. The number of nitrogens with two attached hydrogens (primary N) is 1. The van der Waals surface area contributed by atoms with Crippen molar-refractivity contribution in [3.05, 3.63) is 0 Å². The van der Waals surface area contributed by atoms with E-state index in [9.17, 15) is 19.5 Å². The van der Waals surface area contributed by atoms with Crippen LogP contribution in [0.25, 0.3) is 0 Å². The van der Waals surface area contributed by atoms with Gasteiger partial charge in [0, 0.05) is 19.0 Å². The summed E-state index contributed by atoms with van der Waals surface area (Å²) in [6, 6.07) is -1.09. The maximum Gasteiger partial charge on any atom is 0.242 e. The highest BCUT2D eigenvalue weighted by Gasteiger charge is 2.43. The van der Waals surface area contributed by atoms with Crippen molar-refractivity contribution in [2.75, 3.05) is 13.1 Å². The standard InChI is InChI=1S/C15H27N3O4/c1-10(2)14(22)18-7-5-6-15(18,4)8-17(9-19)12(11(3)20)13(16)21/h9-12,20H,5-8H2,1-4H3,(H2,16,21)/t11-,12+,15?/m1/s1. The van der Waals surface area contributed by atoms with Crippen LogP contribution in [0.15, 0.2) is 0 Å². The predicted octanol–water partition coefficient (Wildman–Crippen LogP) is -0.283. The maximum atomic E-state index is 12.3. The molecule has 0 aromatic carbocycles. The van der Waals surface area contributed by atoms with E-state index >= 15 is 0 Å². The third kappa shape index (κ3) is 3.76. The van der Waals surface area contributed by atoms with Gasteiger partial charge in [-0.15, -0.1) is 0 Å². The molecule has 0 spiro atoms. The molecule has 0 aliphatic carbocycles. The SMILES string of the molecule is CC(C)C(=O)N1CCCC1(C)CN(C=O)[C@H](C(N)=O)[C@@H](C)O. The number of aliphatic hydroxyl groups is 1. The molecule has 1 fully saturated rings. The van der Waals surface area contributed by atoms with Gasteiger partial charge in [0.2, 0.25) is 18.2 Å². The van der Waals surface area contributed by atoms with Crippen molar-refractivity contribution >= 4 is 18.2 Å². The molecule has 0 aromatic heterocycles. The molecular weight excluding hydrogens is 286 g/mol. The fourth-order valence-electron chi connectivity index (χ4n) is 3.15. The summed E-state index contributed by atoms with van der Waals surface area (Å²) in [7, 11) is 0. The molecule has 3 N–H and O–H groups in total. The van der Waals surface area contributed by atoms with Gasteiger partial charge in [-0.05, 0) is 26.7 Å². The second-order valence-electron chi connectivity index (χ2n) is 6.61. The van der Waals surface area contributed by atoms with E-state index in [1.165, 1.54) is 11.8 Å². The third-order valence-corrected chi connectivity index (χ3v) is 4.27. The topological polar surface area (TPSA) is 104 Å². The number of carbonyl (C=O) groups excluding carboxylic acids is 3. The third-order valence-electron chi connectivity index (χ3n) is 4.27. The minimum absolute atomic E-state index is 0.0264. The lowest BCUT2D eigenvalue weighted by Crippen LogP contribution is -2.59. The Hall–Kier alpha value is -1.63. The molecule has 0 radical (unpaired) electrons. The van der Waals surface area contributed by atoms with Crippen LogP contribution in [-0.4, -0.2) is 63.9 Å². The number of rotatable bonds is 7. The summed E-state index contributed by atoms with van der Waals surface area (Å²) >= 11 is 0. The van der Waals surface area contributed by atoms with Gasteiger partial charge in [0.15, 0.2) is 0 Å². The summed E-state index contributed by atoms with van der Waals surface area (Å²) < 4.78 is 0. The van der Waals surface area contributed by atoms with Crippen LogP contribution < -0.4 is 5.73 Å². The molecule has 1 aliphatic rings. The normalized spacial score (nSPS) is 24.2. The van der Waals surface area contributed by atoms with Gasteiger partial charge >= 0.3 is 0 Å². The van der Waals surface area contributed by atoms with Gasteiger partial charge < -0.3 is 20.6 Å². The molecule has 7 nitrogen and oxygen atoms in total. The zero-order valence-electron chi connectivity index (χ0n) is 13.8. The van der Waals surface area contributed by atoms with Gasteiger partial charge in [-0.25, -0.2) is 0 Å². The fraction of sp³-hybridized carbons (Fsp3) is 0.800. The lowest BCUT2D eigenvalue weighted by atomic mass is 9.95. The minimum atomic E-state index is -1.09. The molecule has 3 amide bonds. The number of nitrogens with zero attached hydrogens (tertiary/aromatic N) is 2. The van der Waals surface area contributed by atoms with Crippen LogP contribution in [0, 0.1) is 5.92 Å². The van der Waals surface area contributed by atoms with E-state index in [1.807, 2.05) is 20.8 Å². The Morgan fingerprint density at radius 2 is 2.00 bits per heavy atom. The second kappa shape index (κ2) is 7.09. The van der Waals surface area contributed by atoms with E-state index in [0.29, 0.717) is 13.0 Å². The monoisotopic (exact) mass is 313 g/mol. The molecule has 0 saturated carbocycles. The molecule has 1 aliphatic heterocycles. The van der Waals surface area contributed by atoms with E-state index in [2.05, 4.69) is 0 Å². The zero-order valence-corrected chi connectivity index (χ0v) is 13.8. The number of aliphatic hydroxyl groups excluding tert-OH is 1. The van der Waals surface area contributed by atoms with Crippen molar-refractivity contribution in [1.82, 2.24) is 9.80 Å².